The lowest BCUT2D eigenvalue weighted by atomic mass is 10.1. The van der Waals surface area contributed by atoms with Gasteiger partial charge in [0.1, 0.15) is 5.37 Å². The third kappa shape index (κ3) is 4.74. The number of thioether (sulfide) groups is 1. The number of nitrogens with zero attached hydrogens (tertiary/aromatic N) is 1. The Morgan fingerprint density at radius 3 is 2.40 bits per heavy atom. The van der Waals surface area contributed by atoms with E-state index in [2.05, 4.69) is 5.32 Å². The number of anilines is 2. The molecule has 0 radical (unpaired) electrons. The minimum Gasteiger partial charge on any atom is -0.326 e. The molecule has 4 nitrogen and oxygen atoms in total. The Morgan fingerprint density at radius 1 is 1.00 bits per heavy atom. The van der Waals surface area contributed by atoms with Crippen LogP contribution in [0.25, 0.3) is 0 Å². The van der Waals surface area contributed by atoms with Gasteiger partial charge in [-0.3, -0.25) is 14.5 Å². The van der Waals surface area contributed by atoms with Gasteiger partial charge >= 0.3 is 0 Å². The molecule has 1 heterocycles. The predicted molar refractivity (Wildman–Crippen MR) is 124 cm³/mol. The maximum atomic E-state index is 12.5. The third-order valence-corrected chi connectivity index (χ3v) is 6.36. The molecule has 3 aromatic rings. The van der Waals surface area contributed by atoms with Crippen molar-refractivity contribution in [3.05, 3.63) is 95.6 Å². The number of nitrogens with one attached hydrogen (secondary N) is 1. The van der Waals surface area contributed by atoms with Gasteiger partial charge in [0.05, 0.1) is 5.75 Å². The fourth-order valence-electron chi connectivity index (χ4n) is 3.51. The first kappa shape index (κ1) is 20.2. The van der Waals surface area contributed by atoms with Crippen molar-refractivity contribution < 1.29 is 9.59 Å². The molecular weight excluding hydrogens is 392 g/mol. The highest BCUT2D eigenvalue weighted by molar-refractivity contribution is 8.00. The van der Waals surface area contributed by atoms with Gasteiger partial charge in [-0.25, -0.2) is 0 Å². The quantitative estimate of drug-likeness (QED) is 0.590. The molecule has 1 N–H and O–H groups in total. The maximum absolute atomic E-state index is 12.5. The van der Waals surface area contributed by atoms with E-state index in [9.17, 15) is 9.59 Å². The molecule has 0 aliphatic carbocycles. The summed E-state index contributed by atoms with van der Waals surface area (Å²) in [4.78, 5) is 26.6. The summed E-state index contributed by atoms with van der Waals surface area (Å²) < 4.78 is 0. The van der Waals surface area contributed by atoms with Crippen LogP contribution < -0.4 is 10.2 Å². The van der Waals surface area contributed by atoms with Crippen LogP contribution in [0.4, 0.5) is 11.4 Å². The fourth-order valence-corrected chi connectivity index (χ4v) is 4.69. The minimum atomic E-state index is -0.0527. The summed E-state index contributed by atoms with van der Waals surface area (Å²) in [6.07, 6.45) is 1.16. The lowest BCUT2D eigenvalue weighted by Gasteiger charge is -2.24. The van der Waals surface area contributed by atoms with Gasteiger partial charge in [0.25, 0.3) is 0 Å². The smallest absolute Gasteiger partial charge is 0.238 e. The van der Waals surface area contributed by atoms with Crippen LogP contribution in [-0.2, 0) is 16.0 Å². The number of hydrogen-bond acceptors (Lipinski definition) is 3. The summed E-state index contributed by atoms with van der Waals surface area (Å²) in [6, 6.07) is 25.8. The van der Waals surface area contributed by atoms with Crippen LogP contribution in [0, 0.1) is 6.92 Å². The number of carbonyl (C=O) groups excluding carboxylic acids is 2. The highest BCUT2D eigenvalue weighted by atomic mass is 32.2. The highest BCUT2D eigenvalue weighted by Crippen LogP contribution is 2.41. The zero-order valence-corrected chi connectivity index (χ0v) is 17.7. The number of rotatable bonds is 6. The zero-order valence-electron chi connectivity index (χ0n) is 16.9. The van der Waals surface area contributed by atoms with Crippen LogP contribution in [0.3, 0.4) is 0 Å². The molecule has 1 saturated heterocycles. The molecule has 1 fully saturated rings. The Morgan fingerprint density at radius 2 is 1.70 bits per heavy atom. The SMILES string of the molecule is Cc1ccc(N2C(=O)CS[C@@H]2c2ccc(NC(=O)CCc3ccccc3)cc2)cc1. The number of hydrogen-bond donors (Lipinski definition) is 1. The second kappa shape index (κ2) is 9.18. The van der Waals surface area contributed by atoms with Gasteiger partial charge in [-0.1, -0.05) is 60.2 Å². The number of aryl methyl sites for hydroxylation is 2. The van der Waals surface area contributed by atoms with E-state index in [-0.39, 0.29) is 17.2 Å². The molecule has 0 unspecified atom stereocenters. The van der Waals surface area contributed by atoms with Gasteiger partial charge < -0.3 is 5.32 Å². The third-order valence-electron chi connectivity index (χ3n) is 5.14. The molecule has 3 aromatic carbocycles. The Labute approximate surface area is 181 Å². The van der Waals surface area contributed by atoms with Gasteiger partial charge in [-0.05, 0) is 48.7 Å². The maximum Gasteiger partial charge on any atom is 0.238 e. The first-order chi connectivity index (χ1) is 14.6. The topological polar surface area (TPSA) is 49.4 Å². The molecule has 2 amide bonds. The lowest BCUT2D eigenvalue weighted by Crippen LogP contribution is -2.27. The average molecular weight is 417 g/mol. The molecule has 0 spiro atoms. The van der Waals surface area contributed by atoms with E-state index in [1.165, 1.54) is 5.56 Å². The summed E-state index contributed by atoms with van der Waals surface area (Å²) >= 11 is 1.63. The van der Waals surface area contributed by atoms with Gasteiger partial charge in [0, 0.05) is 17.8 Å². The van der Waals surface area contributed by atoms with E-state index in [1.807, 2.05) is 90.7 Å². The lowest BCUT2D eigenvalue weighted by molar-refractivity contribution is -0.116. The first-order valence-corrected chi connectivity index (χ1v) is 11.1. The normalized spacial score (nSPS) is 16.0. The van der Waals surface area contributed by atoms with E-state index in [0.717, 1.165) is 28.9 Å². The number of carbonyl (C=O) groups is 2. The van der Waals surface area contributed by atoms with Crippen LogP contribution in [-0.4, -0.2) is 17.6 Å². The molecule has 152 valence electrons. The Bertz CT molecular complexity index is 1020. The van der Waals surface area contributed by atoms with E-state index in [4.69, 9.17) is 0 Å². The van der Waals surface area contributed by atoms with Crippen molar-refractivity contribution >= 4 is 35.0 Å². The largest absolute Gasteiger partial charge is 0.326 e. The summed E-state index contributed by atoms with van der Waals surface area (Å²) in [5.74, 6) is 0.585. The van der Waals surface area contributed by atoms with Gasteiger partial charge in [-0.15, -0.1) is 11.8 Å². The van der Waals surface area contributed by atoms with Crippen molar-refractivity contribution in [2.45, 2.75) is 25.1 Å². The molecule has 0 saturated carbocycles. The van der Waals surface area contributed by atoms with E-state index in [1.54, 1.807) is 11.8 Å². The number of benzene rings is 3. The van der Waals surface area contributed by atoms with E-state index < -0.39 is 0 Å². The Balaban J connectivity index is 1.40. The van der Waals surface area contributed by atoms with Crippen LogP contribution in [0.5, 0.6) is 0 Å². The van der Waals surface area contributed by atoms with Crippen molar-refractivity contribution in [1.29, 1.82) is 0 Å². The Kier molecular flexibility index (Phi) is 6.19. The molecule has 30 heavy (non-hydrogen) atoms. The number of amides is 2. The second-order valence-corrected chi connectivity index (χ2v) is 8.49. The first-order valence-electron chi connectivity index (χ1n) is 10.0. The Hall–Kier alpha value is -3.05. The van der Waals surface area contributed by atoms with Gasteiger partial charge in [0.15, 0.2) is 0 Å². The monoisotopic (exact) mass is 416 g/mol. The molecule has 1 aliphatic rings. The summed E-state index contributed by atoms with van der Waals surface area (Å²) in [5.41, 5.74) is 5.06. The zero-order chi connectivity index (χ0) is 20.9. The minimum absolute atomic E-state index is 0.00157. The molecule has 1 aliphatic heterocycles. The fraction of sp³-hybridized carbons (Fsp3) is 0.200. The van der Waals surface area contributed by atoms with E-state index >= 15 is 0 Å². The van der Waals surface area contributed by atoms with Crippen molar-refractivity contribution in [3.63, 3.8) is 0 Å². The molecule has 1 atom stereocenters. The van der Waals surface area contributed by atoms with Crippen molar-refractivity contribution in [1.82, 2.24) is 0 Å². The van der Waals surface area contributed by atoms with Crippen molar-refractivity contribution in [3.8, 4) is 0 Å². The van der Waals surface area contributed by atoms with Crippen molar-refractivity contribution in [2.24, 2.45) is 0 Å². The van der Waals surface area contributed by atoms with Crippen LogP contribution in [0.1, 0.15) is 28.5 Å². The molecular formula is C25H24N2O2S. The average Bonchev–Trinajstić information content (AvgIpc) is 3.15. The molecule has 5 heteroatoms. The second-order valence-electron chi connectivity index (χ2n) is 7.42. The van der Waals surface area contributed by atoms with Crippen LogP contribution in [0.2, 0.25) is 0 Å². The highest BCUT2D eigenvalue weighted by Gasteiger charge is 2.33. The summed E-state index contributed by atoms with van der Waals surface area (Å²) in [7, 11) is 0. The van der Waals surface area contributed by atoms with Gasteiger partial charge in [-0.2, -0.15) is 0 Å². The van der Waals surface area contributed by atoms with Crippen LogP contribution in [0.15, 0.2) is 78.9 Å². The van der Waals surface area contributed by atoms with Gasteiger partial charge in [0.2, 0.25) is 11.8 Å². The summed E-state index contributed by atoms with van der Waals surface area (Å²) in [5, 5.41) is 2.91. The van der Waals surface area contributed by atoms with Crippen LogP contribution >= 0.6 is 11.8 Å². The summed E-state index contributed by atoms with van der Waals surface area (Å²) in [6.45, 7) is 2.04. The van der Waals surface area contributed by atoms with Crippen molar-refractivity contribution in [2.75, 3.05) is 16.0 Å². The molecule has 0 bridgehead atoms. The van der Waals surface area contributed by atoms with E-state index in [0.29, 0.717) is 12.2 Å². The molecule has 0 aromatic heterocycles. The standard InChI is InChI=1S/C25H24N2O2S/c1-18-7-14-22(15-8-18)27-24(29)17-30-25(27)20-10-12-21(13-11-20)26-23(28)16-9-19-5-3-2-4-6-19/h2-8,10-15,25H,9,16-17H2,1H3,(H,26,28)/t25-/m1/s1. The predicted octanol–water partition coefficient (Wildman–Crippen LogP) is 5.34. The molecule has 4 rings (SSSR count).